The summed E-state index contributed by atoms with van der Waals surface area (Å²) in [7, 11) is 0. The summed E-state index contributed by atoms with van der Waals surface area (Å²) in [5.74, 6) is -0.188. The van der Waals surface area contributed by atoms with E-state index in [0.717, 1.165) is 70.6 Å². The van der Waals surface area contributed by atoms with Crippen LogP contribution in [0.3, 0.4) is 0 Å². The first kappa shape index (κ1) is 76.4. The van der Waals surface area contributed by atoms with Crippen LogP contribution in [-0.2, 0) is 14.3 Å². The predicted octanol–water partition coefficient (Wildman–Crippen LogP) is 18.5. The van der Waals surface area contributed by atoms with Crippen molar-refractivity contribution >= 4 is 5.91 Å². The average molecular weight is 1140 g/mol. The maximum atomic E-state index is 13.1. The van der Waals surface area contributed by atoms with Crippen molar-refractivity contribution in [1.82, 2.24) is 5.32 Å². The second-order valence-corrected chi connectivity index (χ2v) is 23.6. The second kappa shape index (κ2) is 60.5. The molecule has 7 unspecified atom stereocenters. The van der Waals surface area contributed by atoms with Crippen molar-refractivity contribution in [2.24, 2.45) is 0 Å². The van der Waals surface area contributed by atoms with Crippen LogP contribution in [0, 0.1) is 0 Å². The lowest BCUT2D eigenvalue weighted by Gasteiger charge is -2.40. The zero-order valence-corrected chi connectivity index (χ0v) is 52.5. The van der Waals surface area contributed by atoms with Crippen LogP contribution in [-0.4, -0.2) is 87.5 Å². The smallest absolute Gasteiger partial charge is 0.220 e. The van der Waals surface area contributed by atoms with Crippen molar-refractivity contribution in [2.75, 3.05) is 13.2 Å². The van der Waals surface area contributed by atoms with E-state index >= 15 is 0 Å². The van der Waals surface area contributed by atoms with Gasteiger partial charge in [-0.05, 0) is 83.5 Å². The van der Waals surface area contributed by atoms with E-state index in [1.54, 1.807) is 6.08 Å². The molecule has 81 heavy (non-hydrogen) atoms. The second-order valence-electron chi connectivity index (χ2n) is 23.6. The zero-order chi connectivity index (χ0) is 58.6. The monoisotopic (exact) mass is 1140 g/mol. The largest absolute Gasteiger partial charge is 0.394 e. The van der Waals surface area contributed by atoms with Crippen LogP contribution in [0.25, 0.3) is 0 Å². The highest BCUT2D eigenvalue weighted by Crippen LogP contribution is 2.23. The van der Waals surface area contributed by atoms with Crippen LogP contribution in [0.5, 0.6) is 0 Å². The van der Waals surface area contributed by atoms with Gasteiger partial charge in [-0.1, -0.05) is 304 Å². The van der Waals surface area contributed by atoms with Crippen LogP contribution < -0.4 is 5.32 Å². The Balaban J connectivity index is 2.15. The number of unbranched alkanes of at least 4 members (excludes halogenated alkanes) is 37. The minimum absolute atomic E-state index is 0.188. The van der Waals surface area contributed by atoms with Gasteiger partial charge < -0.3 is 40.3 Å². The summed E-state index contributed by atoms with van der Waals surface area (Å²) in [5, 5.41) is 54.7. The number of hydrogen-bond donors (Lipinski definition) is 6. The number of ether oxygens (including phenoxy) is 2. The van der Waals surface area contributed by atoms with Crippen LogP contribution >= 0.6 is 0 Å². The molecule has 0 spiro atoms. The molecule has 1 rings (SSSR count). The normalized spacial score (nSPS) is 18.9. The van der Waals surface area contributed by atoms with E-state index in [1.807, 2.05) is 6.08 Å². The number of nitrogens with one attached hydrogen (secondary N) is 1. The maximum absolute atomic E-state index is 13.1. The Morgan fingerprint density at radius 3 is 1.19 bits per heavy atom. The van der Waals surface area contributed by atoms with Crippen molar-refractivity contribution in [3.8, 4) is 0 Å². The molecule has 1 aliphatic rings. The minimum atomic E-state index is -1.58. The predicted molar refractivity (Wildman–Crippen MR) is 345 cm³/mol. The fourth-order valence-electron chi connectivity index (χ4n) is 10.6. The van der Waals surface area contributed by atoms with Gasteiger partial charge in [0.25, 0.3) is 0 Å². The van der Waals surface area contributed by atoms with Crippen molar-refractivity contribution in [3.63, 3.8) is 0 Å². The van der Waals surface area contributed by atoms with Crippen LogP contribution in [0.1, 0.15) is 309 Å². The fraction of sp³-hybridized carbons (Fsp3) is 0.792. The number of aliphatic hydroxyl groups is 5. The van der Waals surface area contributed by atoms with Gasteiger partial charge in [0.05, 0.1) is 25.4 Å². The summed E-state index contributed by atoms with van der Waals surface area (Å²) in [6.07, 6.45) is 79.7. The van der Waals surface area contributed by atoms with E-state index in [1.165, 1.54) is 218 Å². The van der Waals surface area contributed by atoms with Gasteiger partial charge in [-0.3, -0.25) is 4.79 Å². The molecule has 0 aromatic heterocycles. The van der Waals surface area contributed by atoms with E-state index in [9.17, 15) is 30.3 Å². The van der Waals surface area contributed by atoms with E-state index in [-0.39, 0.29) is 12.5 Å². The summed E-state index contributed by atoms with van der Waals surface area (Å²) < 4.78 is 11.3. The molecule has 1 saturated heterocycles. The minimum Gasteiger partial charge on any atom is -0.394 e. The molecule has 1 amide bonds. The molecule has 7 atom stereocenters. The lowest BCUT2D eigenvalue weighted by molar-refractivity contribution is -0.302. The molecule has 6 N–H and O–H groups in total. The highest BCUT2D eigenvalue weighted by atomic mass is 16.7. The average Bonchev–Trinajstić information content (AvgIpc) is 3.50. The maximum Gasteiger partial charge on any atom is 0.220 e. The third kappa shape index (κ3) is 49.4. The van der Waals surface area contributed by atoms with E-state index < -0.39 is 49.5 Å². The first-order chi connectivity index (χ1) is 39.8. The summed E-state index contributed by atoms with van der Waals surface area (Å²) in [4.78, 5) is 13.1. The van der Waals surface area contributed by atoms with Crippen LogP contribution in [0.2, 0.25) is 0 Å². The van der Waals surface area contributed by atoms with Gasteiger partial charge in [0.1, 0.15) is 24.4 Å². The number of allylic oxidation sites excluding steroid dienone is 13. The van der Waals surface area contributed by atoms with Gasteiger partial charge in [-0.15, -0.1) is 0 Å². The van der Waals surface area contributed by atoms with E-state index in [0.29, 0.717) is 6.42 Å². The summed E-state index contributed by atoms with van der Waals surface area (Å²) in [6.45, 7) is 3.68. The molecule has 1 fully saturated rings. The van der Waals surface area contributed by atoms with Crippen molar-refractivity contribution in [2.45, 2.75) is 352 Å². The standard InChI is InChI=1S/C72H129NO8/c1-3-5-7-9-11-13-15-17-19-21-23-25-27-29-30-31-32-33-34-35-36-38-40-42-44-46-48-50-52-54-56-58-60-62-68(76)73-65(64-80-72-71(79)70(78)69(77)67(63-74)81-72)66(75)61-59-57-55-53-51-49-47-45-43-41-39-37-28-26-24-22-20-18-16-14-12-10-8-6-4-2/h5,7,11,13,17,19,23,25,43,45,51,53,59,61,65-67,69-72,74-75,77-79H,3-4,6,8-10,12,14-16,18,20-22,24,26-42,44,46-50,52,54-58,60,62-64H2,1-2H3,(H,73,76)/b7-5-,13-11-,19-17-,25-23-,45-43+,53-51+,61-59+. The molecule has 1 aliphatic heterocycles. The molecular weight excluding hydrogens is 1010 g/mol. The first-order valence-electron chi connectivity index (χ1n) is 34.3. The molecule has 9 heteroatoms. The molecule has 0 aromatic rings. The molecule has 1 heterocycles. The van der Waals surface area contributed by atoms with Gasteiger partial charge in [0.15, 0.2) is 6.29 Å². The molecule has 470 valence electrons. The van der Waals surface area contributed by atoms with E-state index in [4.69, 9.17) is 9.47 Å². The van der Waals surface area contributed by atoms with Crippen molar-refractivity contribution in [1.29, 1.82) is 0 Å². The molecule has 0 aromatic carbocycles. The van der Waals surface area contributed by atoms with Gasteiger partial charge in [-0.2, -0.15) is 0 Å². The molecule has 0 saturated carbocycles. The number of carbonyl (C=O) groups excluding carboxylic acids is 1. The Bertz CT molecular complexity index is 1550. The van der Waals surface area contributed by atoms with E-state index in [2.05, 4.69) is 92.1 Å². The van der Waals surface area contributed by atoms with Gasteiger partial charge in [-0.25, -0.2) is 0 Å². The van der Waals surface area contributed by atoms with Crippen LogP contribution in [0.4, 0.5) is 0 Å². The topological polar surface area (TPSA) is 149 Å². The fourth-order valence-corrected chi connectivity index (χ4v) is 10.6. The van der Waals surface area contributed by atoms with Crippen molar-refractivity contribution < 1.29 is 39.8 Å². The van der Waals surface area contributed by atoms with Gasteiger partial charge in [0.2, 0.25) is 5.91 Å². The Kier molecular flexibility index (Phi) is 57.0. The summed E-state index contributed by atoms with van der Waals surface area (Å²) >= 11 is 0. The number of carbonyl (C=O) groups is 1. The number of amides is 1. The highest BCUT2D eigenvalue weighted by Gasteiger charge is 2.44. The highest BCUT2D eigenvalue weighted by molar-refractivity contribution is 5.76. The number of rotatable bonds is 59. The quantitative estimate of drug-likeness (QED) is 0.0261. The molecular formula is C72H129NO8. The number of aliphatic hydroxyl groups excluding tert-OH is 5. The Morgan fingerprint density at radius 2 is 0.778 bits per heavy atom. The zero-order valence-electron chi connectivity index (χ0n) is 52.5. The molecule has 0 bridgehead atoms. The number of hydrogen-bond acceptors (Lipinski definition) is 8. The third-order valence-corrected chi connectivity index (χ3v) is 15.9. The molecule has 9 nitrogen and oxygen atoms in total. The SMILES string of the molecule is CC/C=C\C/C=C\C/C=C\C/C=C\CCCCCCCCCCCCCCCCCCCCCCC(=O)NC(COC1OC(CO)C(O)C(O)C1O)C(O)/C=C/CC/C=C/CC/C=C/CCCCCCCCCCCCCCCCC. The summed E-state index contributed by atoms with van der Waals surface area (Å²) in [6, 6.07) is -0.832. The van der Waals surface area contributed by atoms with Gasteiger partial charge in [0, 0.05) is 6.42 Å². The van der Waals surface area contributed by atoms with Crippen LogP contribution in [0.15, 0.2) is 85.1 Å². The first-order valence-corrected chi connectivity index (χ1v) is 34.3. The Hall–Kier alpha value is -2.63. The summed E-state index contributed by atoms with van der Waals surface area (Å²) in [5.41, 5.74) is 0. The molecule has 0 radical (unpaired) electrons. The Labute approximate surface area is 499 Å². The third-order valence-electron chi connectivity index (χ3n) is 15.9. The van der Waals surface area contributed by atoms with Gasteiger partial charge >= 0.3 is 0 Å². The van der Waals surface area contributed by atoms with Crippen molar-refractivity contribution in [3.05, 3.63) is 85.1 Å². The Morgan fingerprint density at radius 1 is 0.432 bits per heavy atom. The lowest BCUT2D eigenvalue weighted by Crippen LogP contribution is -2.60. The molecule has 0 aliphatic carbocycles. The lowest BCUT2D eigenvalue weighted by atomic mass is 9.99.